The van der Waals surface area contributed by atoms with Crippen LogP contribution in [0.5, 0.6) is 0 Å². The van der Waals surface area contributed by atoms with Gasteiger partial charge in [-0.1, -0.05) is 0 Å². The molecule has 2 saturated heterocycles. The minimum Gasteiger partial charge on any atom is -0.380 e. The van der Waals surface area contributed by atoms with Crippen LogP contribution in [0.15, 0.2) is 0 Å². The summed E-state index contributed by atoms with van der Waals surface area (Å²) in [6, 6.07) is 0. The molecule has 0 aromatic heterocycles. The van der Waals surface area contributed by atoms with Gasteiger partial charge in [-0.05, 0) is 39.0 Å². The topological polar surface area (TPSA) is 41.9 Å². The molecular formula is C15H26F3NO3. The van der Waals surface area contributed by atoms with Gasteiger partial charge in [-0.2, -0.15) is 13.2 Å². The molecule has 4 nitrogen and oxygen atoms in total. The zero-order valence-corrected chi connectivity index (χ0v) is 13.1. The number of aliphatic hydroxyl groups is 1. The first-order valence-electron chi connectivity index (χ1n) is 8.02. The molecule has 2 fully saturated rings. The molecule has 0 amide bonds. The van der Waals surface area contributed by atoms with E-state index in [2.05, 4.69) is 0 Å². The van der Waals surface area contributed by atoms with Crippen molar-refractivity contribution >= 4 is 0 Å². The Hall–Kier alpha value is -0.370. The summed E-state index contributed by atoms with van der Waals surface area (Å²) in [6.07, 6.45) is 0.329. The maximum absolute atomic E-state index is 12.7. The normalized spacial score (nSPS) is 28.5. The molecule has 2 unspecified atom stereocenters. The highest BCUT2D eigenvalue weighted by Gasteiger charge is 2.50. The largest absolute Gasteiger partial charge is 0.418 e. The van der Waals surface area contributed by atoms with Crippen LogP contribution >= 0.6 is 0 Å². The monoisotopic (exact) mass is 325 g/mol. The number of hydrogen-bond acceptors (Lipinski definition) is 4. The summed E-state index contributed by atoms with van der Waals surface area (Å²) in [4.78, 5) is 1.66. The number of nitrogens with zero attached hydrogens (tertiary/aromatic N) is 1. The molecule has 2 rings (SSSR count). The van der Waals surface area contributed by atoms with Gasteiger partial charge in [-0.15, -0.1) is 0 Å². The predicted molar refractivity (Wildman–Crippen MR) is 75.7 cm³/mol. The molecule has 0 aliphatic carbocycles. The Morgan fingerprint density at radius 3 is 2.41 bits per heavy atom. The van der Waals surface area contributed by atoms with Gasteiger partial charge >= 0.3 is 6.18 Å². The number of halogens is 3. The fraction of sp³-hybridized carbons (Fsp3) is 1.00. The van der Waals surface area contributed by atoms with Gasteiger partial charge in [-0.3, -0.25) is 4.90 Å². The maximum Gasteiger partial charge on any atom is 0.418 e. The van der Waals surface area contributed by atoms with E-state index < -0.39 is 11.8 Å². The Morgan fingerprint density at radius 1 is 1.18 bits per heavy atom. The average Bonchev–Trinajstić information content (AvgIpc) is 2.46. The van der Waals surface area contributed by atoms with Gasteiger partial charge in [-0.25, -0.2) is 0 Å². The third kappa shape index (κ3) is 5.08. The Balaban J connectivity index is 1.67. The molecule has 2 atom stereocenters. The molecule has 0 radical (unpaired) electrons. The lowest BCUT2D eigenvalue weighted by Crippen LogP contribution is -2.53. The molecule has 7 heteroatoms. The van der Waals surface area contributed by atoms with E-state index in [0.29, 0.717) is 32.5 Å². The summed E-state index contributed by atoms with van der Waals surface area (Å²) >= 11 is 0. The first-order chi connectivity index (χ1) is 10.3. The second-order valence-corrected chi connectivity index (χ2v) is 6.57. The van der Waals surface area contributed by atoms with Crippen molar-refractivity contribution < 1.29 is 27.8 Å². The zero-order chi connectivity index (χ0) is 16.2. The van der Waals surface area contributed by atoms with E-state index in [-0.39, 0.29) is 18.8 Å². The molecule has 130 valence electrons. The van der Waals surface area contributed by atoms with E-state index in [1.165, 1.54) is 6.42 Å². The van der Waals surface area contributed by atoms with E-state index in [4.69, 9.17) is 9.47 Å². The summed E-state index contributed by atoms with van der Waals surface area (Å²) < 4.78 is 49.5. The van der Waals surface area contributed by atoms with Crippen molar-refractivity contribution in [3.63, 3.8) is 0 Å². The van der Waals surface area contributed by atoms with Crippen LogP contribution in [-0.2, 0) is 9.47 Å². The molecule has 0 saturated carbocycles. The van der Waals surface area contributed by atoms with Gasteiger partial charge in [0.05, 0.1) is 18.8 Å². The Labute approximate surface area is 129 Å². The fourth-order valence-corrected chi connectivity index (χ4v) is 2.94. The lowest BCUT2D eigenvalue weighted by molar-refractivity contribution is -0.258. The fourth-order valence-electron chi connectivity index (χ4n) is 2.94. The standard InChI is InChI=1S/C15H26F3NO3/c1-14(20,15(16,17)18)11-19-7-5-12(6-8-19)22-10-13-4-2-3-9-21-13/h12-13,20H,2-11H2,1H3. The van der Waals surface area contributed by atoms with Crippen molar-refractivity contribution in [3.8, 4) is 0 Å². The van der Waals surface area contributed by atoms with Gasteiger partial charge in [0.25, 0.3) is 0 Å². The second kappa shape index (κ2) is 7.47. The van der Waals surface area contributed by atoms with Crippen LogP contribution < -0.4 is 0 Å². The molecule has 2 heterocycles. The summed E-state index contributed by atoms with van der Waals surface area (Å²) in [5, 5.41) is 9.53. The van der Waals surface area contributed by atoms with Gasteiger partial charge in [0.2, 0.25) is 0 Å². The summed E-state index contributed by atoms with van der Waals surface area (Å²) in [5.41, 5.74) is -2.66. The van der Waals surface area contributed by atoms with Gasteiger partial charge in [0.1, 0.15) is 0 Å². The number of alkyl halides is 3. The van der Waals surface area contributed by atoms with Crippen molar-refractivity contribution in [2.24, 2.45) is 0 Å². The first-order valence-corrected chi connectivity index (χ1v) is 8.02. The third-order valence-electron chi connectivity index (χ3n) is 4.47. The third-order valence-corrected chi connectivity index (χ3v) is 4.47. The van der Waals surface area contributed by atoms with Gasteiger partial charge < -0.3 is 14.6 Å². The highest BCUT2D eigenvalue weighted by Crippen LogP contribution is 2.31. The van der Waals surface area contributed by atoms with E-state index in [1.54, 1.807) is 4.90 Å². The SMILES string of the molecule is CC(O)(CN1CCC(OCC2CCCCO2)CC1)C(F)(F)F. The first kappa shape index (κ1) is 18.0. The van der Waals surface area contributed by atoms with Crippen LogP contribution in [0.4, 0.5) is 13.2 Å². The second-order valence-electron chi connectivity index (χ2n) is 6.57. The molecule has 22 heavy (non-hydrogen) atoms. The number of β-amino-alcohol motifs (C(OH)–C–C–N with tert-alkyl or cyclic N) is 1. The molecule has 2 aliphatic rings. The number of ether oxygens (including phenoxy) is 2. The zero-order valence-electron chi connectivity index (χ0n) is 13.1. The van der Waals surface area contributed by atoms with Crippen LogP contribution in [-0.4, -0.2) is 66.8 Å². The lowest BCUT2D eigenvalue weighted by Gasteiger charge is -2.37. The van der Waals surface area contributed by atoms with Crippen molar-refractivity contribution in [2.75, 3.05) is 32.8 Å². The smallest absolute Gasteiger partial charge is 0.380 e. The van der Waals surface area contributed by atoms with E-state index in [1.807, 2.05) is 0 Å². The summed E-state index contributed by atoms with van der Waals surface area (Å²) in [6.45, 7) is 2.85. The molecule has 0 bridgehead atoms. The number of rotatable bonds is 5. The van der Waals surface area contributed by atoms with Crippen LogP contribution in [0, 0.1) is 0 Å². The van der Waals surface area contributed by atoms with E-state index >= 15 is 0 Å². The minimum atomic E-state index is -4.60. The Morgan fingerprint density at radius 2 is 1.86 bits per heavy atom. The quantitative estimate of drug-likeness (QED) is 0.842. The molecule has 0 aromatic carbocycles. The van der Waals surface area contributed by atoms with Crippen LogP contribution in [0.3, 0.4) is 0 Å². The van der Waals surface area contributed by atoms with Gasteiger partial charge in [0, 0.05) is 26.2 Å². The summed E-state index contributed by atoms with van der Waals surface area (Å²) in [7, 11) is 0. The average molecular weight is 325 g/mol. The van der Waals surface area contributed by atoms with Crippen LogP contribution in [0.2, 0.25) is 0 Å². The van der Waals surface area contributed by atoms with Crippen molar-refractivity contribution in [3.05, 3.63) is 0 Å². The molecule has 2 aliphatic heterocycles. The van der Waals surface area contributed by atoms with Crippen molar-refractivity contribution in [1.82, 2.24) is 4.90 Å². The van der Waals surface area contributed by atoms with Crippen LogP contribution in [0.25, 0.3) is 0 Å². The number of likely N-dealkylation sites (tertiary alicyclic amines) is 1. The Kier molecular flexibility index (Phi) is 6.10. The molecule has 0 spiro atoms. The lowest BCUT2D eigenvalue weighted by atomic mass is 10.0. The van der Waals surface area contributed by atoms with Crippen LogP contribution in [0.1, 0.15) is 39.0 Å². The Bertz CT molecular complexity index is 335. The van der Waals surface area contributed by atoms with Gasteiger partial charge in [0.15, 0.2) is 5.60 Å². The maximum atomic E-state index is 12.7. The molecule has 0 aromatic rings. The molecule has 1 N–H and O–H groups in total. The van der Waals surface area contributed by atoms with Crippen molar-refractivity contribution in [2.45, 2.75) is 63.0 Å². The molecular weight excluding hydrogens is 299 g/mol. The highest BCUT2D eigenvalue weighted by molar-refractivity contribution is 4.87. The van der Waals surface area contributed by atoms with E-state index in [9.17, 15) is 18.3 Å². The van der Waals surface area contributed by atoms with Crippen molar-refractivity contribution in [1.29, 1.82) is 0 Å². The minimum absolute atomic E-state index is 0.0811. The predicted octanol–water partition coefficient (Wildman–Crippen LogP) is 2.35. The number of piperidine rings is 1. The highest BCUT2D eigenvalue weighted by atomic mass is 19.4. The summed E-state index contributed by atoms with van der Waals surface area (Å²) in [5.74, 6) is 0. The van der Waals surface area contributed by atoms with E-state index in [0.717, 1.165) is 26.4 Å². The number of hydrogen-bond donors (Lipinski definition) is 1.